The molecule has 0 aliphatic rings. The lowest BCUT2D eigenvalue weighted by Gasteiger charge is -2.05. The lowest BCUT2D eigenvalue weighted by atomic mass is 10.1. The maximum Gasteiger partial charge on any atom is 0.0466 e. The molecule has 0 spiro atoms. The molecule has 0 rings (SSSR count). The van der Waals surface area contributed by atoms with Gasteiger partial charge in [0.15, 0.2) is 0 Å². The van der Waals surface area contributed by atoms with Crippen LogP contribution in [0, 0.1) is 0 Å². The van der Waals surface area contributed by atoms with Gasteiger partial charge in [0, 0.05) is 37.6 Å². The molecule has 0 aromatic heterocycles. The summed E-state index contributed by atoms with van der Waals surface area (Å²) < 4.78 is 11.1. The van der Waals surface area contributed by atoms with Crippen LogP contribution < -0.4 is 0 Å². The van der Waals surface area contributed by atoms with Gasteiger partial charge in [-0.15, -0.1) is 11.6 Å². The molecule has 20 heavy (non-hydrogen) atoms. The Morgan fingerprint density at radius 2 is 0.950 bits per heavy atom. The zero-order valence-corrected chi connectivity index (χ0v) is 15.2. The lowest BCUT2D eigenvalue weighted by molar-refractivity contribution is 0.124. The minimum Gasteiger partial charge on any atom is -0.381 e. The van der Waals surface area contributed by atoms with Crippen LogP contribution >= 0.6 is 27.5 Å². The zero-order valence-electron chi connectivity index (χ0n) is 12.9. The average molecular weight is 372 g/mol. The smallest absolute Gasteiger partial charge is 0.0466 e. The number of alkyl halides is 2. The number of ether oxygens (including phenoxy) is 2. The molecule has 0 saturated carbocycles. The summed E-state index contributed by atoms with van der Waals surface area (Å²) in [5, 5.41) is 1.09. The van der Waals surface area contributed by atoms with Crippen molar-refractivity contribution in [3.05, 3.63) is 0 Å². The molecule has 0 N–H and O–H groups in total. The van der Waals surface area contributed by atoms with Gasteiger partial charge in [-0.3, -0.25) is 0 Å². The number of rotatable bonds is 17. The molecule has 0 aliphatic heterocycles. The first-order valence-electron chi connectivity index (χ1n) is 8.19. The second-order valence-electron chi connectivity index (χ2n) is 5.14. The van der Waals surface area contributed by atoms with Crippen molar-refractivity contribution in [1.29, 1.82) is 0 Å². The quantitative estimate of drug-likeness (QED) is 0.246. The van der Waals surface area contributed by atoms with E-state index in [1.54, 1.807) is 0 Å². The summed E-state index contributed by atoms with van der Waals surface area (Å²) in [6, 6.07) is 0. The van der Waals surface area contributed by atoms with Gasteiger partial charge in [0.05, 0.1) is 0 Å². The van der Waals surface area contributed by atoms with Gasteiger partial charge in [0.1, 0.15) is 0 Å². The summed E-state index contributed by atoms with van der Waals surface area (Å²) >= 11 is 9.02. The van der Waals surface area contributed by atoms with Gasteiger partial charge in [-0.2, -0.15) is 0 Å². The molecule has 0 aliphatic carbocycles. The Bertz CT molecular complexity index is 153. The van der Waals surface area contributed by atoms with E-state index >= 15 is 0 Å². The van der Waals surface area contributed by atoms with Crippen LogP contribution in [-0.4, -0.2) is 37.6 Å². The monoisotopic (exact) mass is 370 g/mol. The van der Waals surface area contributed by atoms with Gasteiger partial charge in [-0.25, -0.2) is 0 Å². The molecule has 0 bridgehead atoms. The van der Waals surface area contributed by atoms with Gasteiger partial charge in [-0.05, 0) is 38.5 Å². The van der Waals surface area contributed by atoms with Crippen molar-refractivity contribution in [3.8, 4) is 0 Å². The van der Waals surface area contributed by atoms with Crippen LogP contribution in [0.15, 0.2) is 0 Å². The molecule has 0 amide bonds. The fourth-order valence-corrected chi connectivity index (χ4v) is 2.50. The van der Waals surface area contributed by atoms with Crippen LogP contribution in [0.25, 0.3) is 0 Å². The van der Waals surface area contributed by atoms with Crippen molar-refractivity contribution in [3.63, 3.8) is 0 Å². The molecule has 0 aromatic rings. The third kappa shape index (κ3) is 18.7. The third-order valence-corrected chi connectivity index (χ3v) is 4.00. The Balaban J connectivity index is 2.89. The van der Waals surface area contributed by atoms with Gasteiger partial charge >= 0.3 is 0 Å². The zero-order chi connectivity index (χ0) is 14.7. The fraction of sp³-hybridized carbons (Fsp3) is 1.00. The van der Waals surface area contributed by atoms with E-state index in [4.69, 9.17) is 21.1 Å². The van der Waals surface area contributed by atoms with Gasteiger partial charge in [-0.1, -0.05) is 41.6 Å². The number of hydrogen-bond acceptors (Lipinski definition) is 2. The van der Waals surface area contributed by atoms with Crippen molar-refractivity contribution >= 4 is 27.5 Å². The second kappa shape index (κ2) is 19.7. The van der Waals surface area contributed by atoms with Crippen molar-refractivity contribution < 1.29 is 9.47 Å². The Hall–Kier alpha value is 0.690. The van der Waals surface area contributed by atoms with Crippen LogP contribution in [0.2, 0.25) is 0 Å². The van der Waals surface area contributed by atoms with Crippen molar-refractivity contribution in [1.82, 2.24) is 0 Å². The SMILES string of the molecule is ClCCCCOCCCCCCCCOCCCCBr. The van der Waals surface area contributed by atoms with Crippen LogP contribution in [0.3, 0.4) is 0 Å². The number of unbranched alkanes of at least 4 members (excludes halogenated alkanes) is 7. The largest absolute Gasteiger partial charge is 0.381 e. The van der Waals surface area contributed by atoms with E-state index < -0.39 is 0 Å². The summed E-state index contributed by atoms with van der Waals surface area (Å²) in [4.78, 5) is 0. The summed E-state index contributed by atoms with van der Waals surface area (Å²) in [7, 11) is 0. The minimum absolute atomic E-state index is 0.754. The van der Waals surface area contributed by atoms with Crippen molar-refractivity contribution in [2.24, 2.45) is 0 Å². The summed E-state index contributed by atoms with van der Waals surface area (Å²) in [5.41, 5.74) is 0. The topological polar surface area (TPSA) is 18.5 Å². The maximum atomic E-state index is 5.60. The highest BCUT2D eigenvalue weighted by Crippen LogP contribution is 2.06. The third-order valence-electron chi connectivity index (χ3n) is 3.17. The van der Waals surface area contributed by atoms with Gasteiger partial charge < -0.3 is 9.47 Å². The highest BCUT2D eigenvalue weighted by molar-refractivity contribution is 9.09. The first-order chi connectivity index (χ1) is 9.91. The van der Waals surface area contributed by atoms with E-state index in [2.05, 4.69) is 15.9 Å². The number of halogens is 2. The summed E-state index contributed by atoms with van der Waals surface area (Å²) in [6.45, 7) is 3.65. The van der Waals surface area contributed by atoms with E-state index in [0.717, 1.165) is 50.5 Å². The summed E-state index contributed by atoms with van der Waals surface area (Å²) in [5.74, 6) is 0.754. The Kier molecular flexibility index (Phi) is 20.4. The fourth-order valence-electron chi connectivity index (χ4n) is 1.92. The first-order valence-corrected chi connectivity index (χ1v) is 9.85. The Morgan fingerprint density at radius 1 is 0.550 bits per heavy atom. The van der Waals surface area contributed by atoms with Crippen LogP contribution in [0.1, 0.15) is 64.2 Å². The van der Waals surface area contributed by atoms with Crippen molar-refractivity contribution in [2.75, 3.05) is 37.6 Å². The standard InChI is InChI=1S/C16H32BrClO2/c17-11-5-9-15-19-13-7-3-1-2-4-8-14-20-16-10-6-12-18/h1-16H2. The van der Waals surface area contributed by atoms with Crippen LogP contribution in [0.4, 0.5) is 0 Å². The van der Waals surface area contributed by atoms with Gasteiger partial charge in [0.2, 0.25) is 0 Å². The first kappa shape index (κ1) is 20.7. The van der Waals surface area contributed by atoms with E-state index in [1.807, 2.05) is 0 Å². The number of hydrogen-bond donors (Lipinski definition) is 0. The van der Waals surface area contributed by atoms with E-state index in [1.165, 1.54) is 51.4 Å². The van der Waals surface area contributed by atoms with E-state index in [0.29, 0.717) is 0 Å². The van der Waals surface area contributed by atoms with Gasteiger partial charge in [0.25, 0.3) is 0 Å². The molecule has 122 valence electrons. The maximum absolute atomic E-state index is 5.60. The van der Waals surface area contributed by atoms with Crippen LogP contribution in [-0.2, 0) is 9.47 Å². The molecule has 0 saturated heterocycles. The highest BCUT2D eigenvalue weighted by atomic mass is 79.9. The molecule has 2 nitrogen and oxygen atoms in total. The molecule has 0 aromatic carbocycles. The van der Waals surface area contributed by atoms with E-state index in [-0.39, 0.29) is 0 Å². The molecule has 0 radical (unpaired) electrons. The Labute approximate surface area is 139 Å². The average Bonchev–Trinajstić information content (AvgIpc) is 2.47. The predicted molar refractivity (Wildman–Crippen MR) is 92.3 cm³/mol. The van der Waals surface area contributed by atoms with Crippen LogP contribution in [0.5, 0.6) is 0 Å². The molecule has 0 atom stereocenters. The molecular formula is C16H32BrClO2. The highest BCUT2D eigenvalue weighted by Gasteiger charge is 1.94. The lowest BCUT2D eigenvalue weighted by Crippen LogP contribution is -1.98. The molecule has 0 fully saturated rings. The molecular weight excluding hydrogens is 340 g/mol. The second-order valence-corrected chi connectivity index (χ2v) is 6.31. The predicted octanol–water partition coefficient (Wildman–Crippen LogP) is 5.55. The van der Waals surface area contributed by atoms with E-state index in [9.17, 15) is 0 Å². The summed E-state index contributed by atoms with van der Waals surface area (Å²) in [6.07, 6.45) is 12.2. The molecule has 4 heteroatoms. The molecule has 0 heterocycles. The molecule has 0 unspecified atom stereocenters. The minimum atomic E-state index is 0.754. The Morgan fingerprint density at radius 3 is 1.40 bits per heavy atom. The van der Waals surface area contributed by atoms with Crippen molar-refractivity contribution in [2.45, 2.75) is 64.2 Å². The normalized spacial score (nSPS) is 11.1.